The Hall–Kier alpha value is -1.12. The third-order valence-corrected chi connectivity index (χ3v) is 5.21. The van der Waals surface area contributed by atoms with Gasteiger partial charge < -0.3 is 9.64 Å². The van der Waals surface area contributed by atoms with Crippen LogP contribution in [0, 0.1) is 22.7 Å². The molecule has 1 amide bonds. The molecule has 1 saturated carbocycles. The van der Waals surface area contributed by atoms with Gasteiger partial charge in [0.1, 0.15) is 5.41 Å². The summed E-state index contributed by atoms with van der Waals surface area (Å²) >= 11 is 0. The van der Waals surface area contributed by atoms with Gasteiger partial charge in [-0.05, 0) is 25.2 Å². The van der Waals surface area contributed by atoms with E-state index < -0.39 is 5.41 Å². The molecule has 20 heavy (non-hydrogen) atoms. The van der Waals surface area contributed by atoms with E-state index in [1.165, 1.54) is 0 Å². The van der Waals surface area contributed by atoms with Crippen LogP contribution in [-0.4, -0.2) is 61.1 Å². The molecular formula is C15H23N3O2. The van der Waals surface area contributed by atoms with Gasteiger partial charge in [0, 0.05) is 32.2 Å². The van der Waals surface area contributed by atoms with Crippen molar-refractivity contribution in [2.75, 3.05) is 39.4 Å². The van der Waals surface area contributed by atoms with Crippen LogP contribution in [0.2, 0.25) is 0 Å². The summed E-state index contributed by atoms with van der Waals surface area (Å²) in [5, 5.41) is 9.32. The topological polar surface area (TPSA) is 56.6 Å². The van der Waals surface area contributed by atoms with Gasteiger partial charge >= 0.3 is 0 Å². The number of rotatable bonds is 2. The van der Waals surface area contributed by atoms with Gasteiger partial charge in [-0.3, -0.25) is 9.69 Å². The molecule has 0 spiro atoms. The molecule has 3 rings (SSSR count). The van der Waals surface area contributed by atoms with Crippen LogP contribution in [0.15, 0.2) is 0 Å². The summed E-state index contributed by atoms with van der Waals surface area (Å²) in [7, 11) is 0. The number of hydrogen-bond acceptors (Lipinski definition) is 4. The van der Waals surface area contributed by atoms with Crippen LogP contribution in [0.4, 0.5) is 0 Å². The van der Waals surface area contributed by atoms with Gasteiger partial charge in [-0.1, -0.05) is 6.92 Å². The van der Waals surface area contributed by atoms with Crippen molar-refractivity contribution in [3.05, 3.63) is 0 Å². The number of nitriles is 1. The molecule has 2 saturated heterocycles. The maximum atomic E-state index is 12.6. The smallest absolute Gasteiger partial charge is 0.243 e. The minimum absolute atomic E-state index is 0.0776. The number of amides is 1. The molecule has 2 atom stereocenters. The fourth-order valence-electron chi connectivity index (χ4n) is 3.71. The van der Waals surface area contributed by atoms with Crippen molar-refractivity contribution in [2.24, 2.45) is 11.3 Å². The average molecular weight is 277 g/mol. The van der Waals surface area contributed by atoms with Gasteiger partial charge in [-0.2, -0.15) is 5.26 Å². The molecule has 0 aromatic rings. The first-order chi connectivity index (χ1) is 9.66. The molecule has 110 valence electrons. The largest absolute Gasteiger partial charge is 0.379 e. The zero-order chi connectivity index (χ0) is 14.2. The molecule has 3 aliphatic rings. The fraction of sp³-hybridized carbons (Fsp3) is 0.867. The quantitative estimate of drug-likeness (QED) is 0.751. The lowest BCUT2D eigenvalue weighted by Crippen LogP contribution is -2.49. The predicted molar refractivity (Wildman–Crippen MR) is 73.8 cm³/mol. The highest BCUT2D eigenvalue weighted by Gasteiger charge is 2.49. The molecule has 0 unspecified atom stereocenters. The van der Waals surface area contributed by atoms with Gasteiger partial charge in [0.05, 0.1) is 19.3 Å². The summed E-state index contributed by atoms with van der Waals surface area (Å²) < 4.78 is 5.40. The molecule has 3 fully saturated rings. The number of carbonyl (C=O) groups is 1. The van der Waals surface area contributed by atoms with Crippen LogP contribution >= 0.6 is 0 Å². The van der Waals surface area contributed by atoms with Crippen molar-refractivity contribution in [3.8, 4) is 6.07 Å². The van der Waals surface area contributed by atoms with Gasteiger partial charge in [-0.15, -0.1) is 0 Å². The van der Waals surface area contributed by atoms with Crippen LogP contribution < -0.4 is 0 Å². The Morgan fingerprint density at radius 1 is 1.30 bits per heavy atom. The second-order valence-corrected chi connectivity index (χ2v) is 6.45. The van der Waals surface area contributed by atoms with Gasteiger partial charge in [0.25, 0.3) is 0 Å². The molecule has 0 radical (unpaired) electrons. The minimum Gasteiger partial charge on any atom is -0.379 e. The summed E-state index contributed by atoms with van der Waals surface area (Å²) in [6, 6.07) is 2.71. The zero-order valence-electron chi connectivity index (χ0n) is 12.2. The van der Waals surface area contributed by atoms with Crippen molar-refractivity contribution in [1.29, 1.82) is 5.26 Å². The fourth-order valence-corrected chi connectivity index (χ4v) is 3.71. The van der Waals surface area contributed by atoms with E-state index in [9.17, 15) is 10.1 Å². The summed E-state index contributed by atoms with van der Waals surface area (Å²) in [5.41, 5.74) is -0.695. The van der Waals surface area contributed by atoms with E-state index in [4.69, 9.17) is 4.74 Å². The standard InChI is InChI=1S/C15H23N3O2/c1-12-9-18(14(19)15(11-16)3-2-4-15)10-13(12)17-5-7-20-8-6-17/h12-13H,2-10H2,1H3/t12-,13+/m1/s1. The Morgan fingerprint density at radius 3 is 2.55 bits per heavy atom. The Kier molecular flexibility index (Phi) is 3.70. The molecule has 2 heterocycles. The zero-order valence-corrected chi connectivity index (χ0v) is 12.2. The lowest BCUT2D eigenvalue weighted by Gasteiger charge is -2.37. The first-order valence-electron chi connectivity index (χ1n) is 7.69. The van der Waals surface area contributed by atoms with Crippen LogP contribution in [0.5, 0.6) is 0 Å². The highest BCUT2D eigenvalue weighted by Crippen LogP contribution is 2.43. The number of nitrogens with zero attached hydrogens (tertiary/aromatic N) is 3. The van der Waals surface area contributed by atoms with Crippen molar-refractivity contribution in [1.82, 2.24) is 9.80 Å². The first-order valence-corrected chi connectivity index (χ1v) is 7.69. The van der Waals surface area contributed by atoms with Crippen molar-refractivity contribution >= 4 is 5.91 Å². The molecule has 0 aromatic heterocycles. The summed E-state index contributed by atoms with van der Waals surface area (Å²) in [5.74, 6) is 0.557. The molecule has 0 bridgehead atoms. The lowest BCUT2D eigenvalue weighted by atomic mass is 9.69. The van der Waals surface area contributed by atoms with Crippen molar-refractivity contribution in [2.45, 2.75) is 32.2 Å². The minimum atomic E-state index is -0.695. The normalized spacial score (nSPS) is 33.5. The Bertz CT molecular complexity index is 421. The second kappa shape index (κ2) is 5.34. The van der Waals surface area contributed by atoms with Crippen LogP contribution in [0.25, 0.3) is 0 Å². The molecule has 1 aliphatic carbocycles. The molecule has 2 aliphatic heterocycles. The van der Waals surface area contributed by atoms with E-state index in [1.807, 2.05) is 4.90 Å². The van der Waals surface area contributed by atoms with E-state index in [-0.39, 0.29) is 5.91 Å². The lowest BCUT2D eigenvalue weighted by molar-refractivity contribution is -0.142. The number of ether oxygens (including phenoxy) is 1. The van der Waals surface area contributed by atoms with Crippen molar-refractivity contribution < 1.29 is 9.53 Å². The molecular weight excluding hydrogens is 254 g/mol. The molecule has 5 nitrogen and oxygen atoms in total. The van der Waals surface area contributed by atoms with E-state index in [1.54, 1.807) is 0 Å². The van der Waals surface area contributed by atoms with Crippen molar-refractivity contribution in [3.63, 3.8) is 0 Å². The van der Waals surface area contributed by atoms with Gasteiger partial charge in [0.2, 0.25) is 5.91 Å². The van der Waals surface area contributed by atoms with Crippen LogP contribution in [0.3, 0.4) is 0 Å². The molecule has 5 heteroatoms. The number of likely N-dealkylation sites (tertiary alicyclic amines) is 1. The molecule has 0 N–H and O–H groups in total. The van der Waals surface area contributed by atoms with E-state index in [2.05, 4.69) is 17.9 Å². The van der Waals surface area contributed by atoms with E-state index in [0.29, 0.717) is 12.0 Å². The Balaban J connectivity index is 1.65. The predicted octanol–water partition coefficient (Wildman–Crippen LogP) is 0.859. The number of hydrogen-bond donors (Lipinski definition) is 0. The number of morpholine rings is 1. The monoisotopic (exact) mass is 277 g/mol. The summed E-state index contributed by atoms with van der Waals surface area (Å²) in [4.78, 5) is 17.0. The summed E-state index contributed by atoms with van der Waals surface area (Å²) in [6.07, 6.45) is 2.50. The maximum absolute atomic E-state index is 12.6. The highest BCUT2D eigenvalue weighted by atomic mass is 16.5. The molecule has 0 aromatic carbocycles. The van der Waals surface area contributed by atoms with Crippen LogP contribution in [-0.2, 0) is 9.53 Å². The average Bonchev–Trinajstić information content (AvgIpc) is 2.81. The highest BCUT2D eigenvalue weighted by molar-refractivity contribution is 5.86. The maximum Gasteiger partial charge on any atom is 0.243 e. The third-order valence-electron chi connectivity index (χ3n) is 5.21. The van der Waals surface area contributed by atoms with E-state index in [0.717, 1.165) is 58.7 Å². The van der Waals surface area contributed by atoms with Gasteiger partial charge in [-0.25, -0.2) is 0 Å². The van der Waals surface area contributed by atoms with Gasteiger partial charge in [0.15, 0.2) is 0 Å². The Labute approximate surface area is 120 Å². The second-order valence-electron chi connectivity index (χ2n) is 6.45. The third kappa shape index (κ3) is 2.21. The number of carbonyl (C=O) groups excluding carboxylic acids is 1. The Morgan fingerprint density at radius 2 is 2.00 bits per heavy atom. The first kappa shape index (κ1) is 13.8. The van der Waals surface area contributed by atoms with Crippen LogP contribution in [0.1, 0.15) is 26.2 Å². The summed E-state index contributed by atoms with van der Waals surface area (Å²) in [6.45, 7) is 7.29. The van der Waals surface area contributed by atoms with E-state index >= 15 is 0 Å². The SMILES string of the molecule is C[C@@H]1CN(C(=O)C2(C#N)CCC2)C[C@@H]1N1CCOCC1.